The molecule has 0 amide bonds. The van der Waals surface area contributed by atoms with Crippen LogP contribution in [-0.4, -0.2) is 0 Å². The van der Waals surface area contributed by atoms with Crippen molar-refractivity contribution >= 4 is 28.2 Å². The molecule has 0 spiro atoms. The van der Waals surface area contributed by atoms with Crippen molar-refractivity contribution < 1.29 is 0 Å². The maximum atomic E-state index is 4.67. The molecule has 0 unspecified atom stereocenters. The first-order chi connectivity index (χ1) is 28.2. The maximum Gasteiger partial charge on any atom is 0.0468 e. The minimum absolute atomic E-state index is 0.210. The van der Waals surface area contributed by atoms with E-state index in [2.05, 4.69) is 239 Å². The Morgan fingerprint density at radius 3 is 1.50 bits per heavy atom. The third-order valence-electron chi connectivity index (χ3n) is 11.3. The van der Waals surface area contributed by atoms with Crippen LogP contribution >= 0.6 is 0 Å². The van der Waals surface area contributed by atoms with Crippen LogP contribution in [0.3, 0.4) is 0 Å². The monoisotopic (exact) mass is 745 g/mol. The van der Waals surface area contributed by atoms with E-state index in [-0.39, 0.29) is 5.41 Å². The van der Waals surface area contributed by atoms with Crippen molar-refractivity contribution in [1.29, 1.82) is 0 Å². The average molecular weight is 746 g/mol. The van der Waals surface area contributed by atoms with Gasteiger partial charge in [-0.25, -0.2) is 0 Å². The van der Waals surface area contributed by atoms with Crippen molar-refractivity contribution in [2.45, 2.75) is 19.3 Å². The van der Waals surface area contributed by atoms with Gasteiger partial charge in [0, 0.05) is 22.5 Å². The molecule has 0 saturated heterocycles. The van der Waals surface area contributed by atoms with Gasteiger partial charge in [-0.1, -0.05) is 204 Å². The molecule has 0 bridgehead atoms. The fraction of sp³-hybridized carbons (Fsp3) is 0.0526. The van der Waals surface area contributed by atoms with Crippen molar-refractivity contribution in [3.05, 3.63) is 260 Å². The molecule has 280 valence electrons. The number of allylic oxidation sites excluding steroid dienone is 8. The van der Waals surface area contributed by atoms with Crippen LogP contribution in [0.4, 0.5) is 17.1 Å². The first kappa shape index (κ1) is 37.7. The summed E-state index contributed by atoms with van der Waals surface area (Å²) in [5, 5.41) is 0. The highest BCUT2D eigenvalue weighted by Crippen LogP contribution is 2.50. The highest BCUT2D eigenvalue weighted by atomic mass is 15.1. The predicted molar refractivity (Wildman–Crippen MR) is 250 cm³/mol. The second-order valence-electron chi connectivity index (χ2n) is 15.3. The van der Waals surface area contributed by atoms with Gasteiger partial charge in [-0.2, -0.15) is 0 Å². The van der Waals surface area contributed by atoms with Crippen LogP contribution in [-0.2, 0) is 5.41 Å². The summed E-state index contributed by atoms with van der Waals surface area (Å²) in [7, 11) is 0. The molecule has 58 heavy (non-hydrogen) atoms. The zero-order valence-electron chi connectivity index (χ0n) is 33.3. The molecule has 0 aliphatic heterocycles. The van der Waals surface area contributed by atoms with Gasteiger partial charge in [-0.15, -0.1) is 0 Å². The second-order valence-corrected chi connectivity index (χ2v) is 15.3. The van der Waals surface area contributed by atoms with Crippen molar-refractivity contribution in [1.82, 2.24) is 0 Å². The summed E-state index contributed by atoms with van der Waals surface area (Å²) < 4.78 is 0. The molecule has 0 radical (unpaired) electrons. The molecule has 7 aromatic rings. The van der Waals surface area contributed by atoms with E-state index in [1.165, 1.54) is 33.4 Å². The van der Waals surface area contributed by atoms with Gasteiger partial charge in [-0.3, -0.25) is 0 Å². The van der Waals surface area contributed by atoms with Crippen LogP contribution in [0.2, 0.25) is 0 Å². The van der Waals surface area contributed by atoms with E-state index in [0.717, 1.165) is 61.6 Å². The van der Waals surface area contributed by atoms with Crippen molar-refractivity contribution in [2.75, 3.05) is 4.90 Å². The molecule has 0 N–H and O–H groups in total. The number of benzene rings is 7. The van der Waals surface area contributed by atoms with Crippen molar-refractivity contribution in [3.63, 3.8) is 0 Å². The SMILES string of the molecule is C=C/C=C(\C(=C)C(=C)/C=C1\C(=C)c2ccccc2C1(C)C)c1ccc(N(c2ccc(-c3ccccc3)cc2)c2ccc(-c3ccccc3)cc2)cc1-c1ccccc1. The quantitative estimate of drug-likeness (QED) is 0.119. The van der Waals surface area contributed by atoms with Crippen LogP contribution in [0, 0.1) is 0 Å². The molecule has 1 aliphatic rings. The topological polar surface area (TPSA) is 3.24 Å². The molecular weight excluding hydrogens is 699 g/mol. The Bertz CT molecular complexity index is 2620. The van der Waals surface area contributed by atoms with E-state index >= 15 is 0 Å². The lowest BCUT2D eigenvalue weighted by Crippen LogP contribution is -2.15. The molecule has 7 aromatic carbocycles. The summed E-state index contributed by atoms with van der Waals surface area (Å²) in [5.41, 5.74) is 18.2. The van der Waals surface area contributed by atoms with E-state index in [4.69, 9.17) is 0 Å². The van der Waals surface area contributed by atoms with Crippen LogP contribution in [0.15, 0.2) is 243 Å². The number of nitrogens with zero attached hydrogens (tertiary/aromatic N) is 1. The van der Waals surface area contributed by atoms with Crippen LogP contribution in [0.1, 0.15) is 30.5 Å². The van der Waals surface area contributed by atoms with E-state index in [1.807, 2.05) is 6.08 Å². The molecule has 0 saturated carbocycles. The normalized spacial score (nSPS) is 13.9. The maximum absolute atomic E-state index is 4.67. The molecular formula is C57H47N. The third-order valence-corrected chi connectivity index (χ3v) is 11.3. The summed E-state index contributed by atoms with van der Waals surface area (Å²) in [5.74, 6) is 0. The van der Waals surface area contributed by atoms with Crippen molar-refractivity contribution in [2.24, 2.45) is 0 Å². The van der Waals surface area contributed by atoms with Crippen LogP contribution in [0.5, 0.6) is 0 Å². The Morgan fingerprint density at radius 1 is 0.517 bits per heavy atom. The van der Waals surface area contributed by atoms with Gasteiger partial charge in [0.1, 0.15) is 0 Å². The second kappa shape index (κ2) is 16.1. The summed E-state index contributed by atoms with van der Waals surface area (Å²) >= 11 is 0. The lowest BCUT2D eigenvalue weighted by molar-refractivity contribution is 0.660. The fourth-order valence-electron chi connectivity index (χ4n) is 8.21. The molecule has 0 fully saturated rings. The Labute approximate surface area is 344 Å². The molecule has 1 heteroatoms. The molecule has 8 rings (SSSR count). The molecule has 0 atom stereocenters. The van der Waals surface area contributed by atoms with E-state index < -0.39 is 0 Å². The van der Waals surface area contributed by atoms with Gasteiger partial charge in [-0.05, 0) is 114 Å². The summed E-state index contributed by atoms with van der Waals surface area (Å²) in [6.45, 7) is 22.4. The zero-order valence-corrected chi connectivity index (χ0v) is 33.3. The van der Waals surface area contributed by atoms with Crippen molar-refractivity contribution in [3.8, 4) is 33.4 Å². The Balaban J connectivity index is 1.23. The van der Waals surface area contributed by atoms with E-state index in [9.17, 15) is 0 Å². The largest absolute Gasteiger partial charge is 0.310 e. The molecule has 0 heterocycles. The van der Waals surface area contributed by atoms with E-state index in [0.29, 0.717) is 0 Å². The highest BCUT2D eigenvalue weighted by molar-refractivity contribution is 5.95. The van der Waals surface area contributed by atoms with Gasteiger partial charge in [0.2, 0.25) is 0 Å². The third kappa shape index (κ3) is 7.27. The summed E-state index contributed by atoms with van der Waals surface area (Å²) in [4.78, 5) is 2.33. The first-order valence-corrected chi connectivity index (χ1v) is 19.8. The van der Waals surface area contributed by atoms with Gasteiger partial charge in [0.05, 0.1) is 0 Å². The van der Waals surface area contributed by atoms with E-state index in [1.54, 1.807) is 0 Å². The smallest absolute Gasteiger partial charge is 0.0468 e. The minimum atomic E-state index is -0.210. The number of hydrogen-bond acceptors (Lipinski definition) is 1. The average Bonchev–Trinajstić information content (AvgIpc) is 3.47. The first-order valence-electron chi connectivity index (χ1n) is 19.8. The number of hydrogen-bond donors (Lipinski definition) is 0. The van der Waals surface area contributed by atoms with Gasteiger partial charge < -0.3 is 4.90 Å². The van der Waals surface area contributed by atoms with Gasteiger partial charge in [0.15, 0.2) is 0 Å². The summed E-state index contributed by atoms with van der Waals surface area (Å²) in [6.07, 6.45) is 6.07. The number of rotatable bonds is 11. The number of anilines is 3. The minimum Gasteiger partial charge on any atom is -0.310 e. The Kier molecular flexibility index (Phi) is 10.5. The number of fused-ring (bicyclic) bond motifs is 1. The lowest BCUT2D eigenvalue weighted by atomic mass is 9.80. The fourth-order valence-corrected chi connectivity index (χ4v) is 8.21. The predicted octanol–water partition coefficient (Wildman–Crippen LogP) is 15.8. The zero-order chi connectivity index (χ0) is 40.2. The highest BCUT2D eigenvalue weighted by Gasteiger charge is 2.37. The van der Waals surface area contributed by atoms with Gasteiger partial charge in [0.25, 0.3) is 0 Å². The van der Waals surface area contributed by atoms with Gasteiger partial charge >= 0.3 is 0 Å². The molecule has 1 aliphatic carbocycles. The molecule has 1 nitrogen and oxygen atoms in total. The lowest BCUT2D eigenvalue weighted by Gasteiger charge is -2.28. The summed E-state index contributed by atoms with van der Waals surface area (Å²) in [6, 6.07) is 64.5. The standard InChI is InChI=1S/C57H47N/c1-7-19-51(41(3)40(2)38-56-42(4)52-26-17-18-27-55(52)57(56,5)6)53-37-36-50(39-54(53)47-24-15-10-16-25-47)58(48-32-28-45(29-33-48)43-20-11-8-12-21-43)49-34-30-46(31-35-49)44-22-13-9-14-23-44/h7-39H,1-4H2,5-6H3/b51-19+,56-38+. The molecule has 0 aromatic heterocycles. The Hall–Kier alpha value is -7.22. The Morgan fingerprint density at radius 2 is 0.983 bits per heavy atom. The van der Waals surface area contributed by atoms with Crippen LogP contribution in [0.25, 0.3) is 44.5 Å². The van der Waals surface area contributed by atoms with Crippen LogP contribution < -0.4 is 4.90 Å².